The molecule has 4 rings (SSSR count). The minimum atomic E-state index is -0.225. The van der Waals surface area contributed by atoms with Crippen molar-refractivity contribution in [2.45, 2.75) is 35.8 Å². The van der Waals surface area contributed by atoms with E-state index in [0.29, 0.717) is 0 Å². The molecule has 8 heteroatoms. The first kappa shape index (κ1) is 20.5. The summed E-state index contributed by atoms with van der Waals surface area (Å²) in [5.41, 5.74) is 1.81. The number of likely N-dealkylation sites (tertiary alicyclic amines) is 1. The molecule has 1 heterocycles. The summed E-state index contributed by atoms with van der Waals surface area (Å²) < 4.78 is 0.965. The van der Waals surface area contributed by atoms with Gasteiger partial charge in [0.15, 0.2) is 0 Å². The second-order valence-electron chi connectivity index (χ2n) is 7.79. The molecule has 0 spiro atoms. The first-order valence-electron chi connectivity index (χ1n) is 9.55. The van der Waals surface area contributed by atoms with E-state index in [1.807, 2.05) is 25.1 Å². The Morgan fingerprint density at radius 1 is 1.14 bits per heavy atom. The number of anilines is 1. The van der Waals surface area contributed by atoms with Gasteiger partial charge in [-0.25, -0.2) is 0 Å². The van der Waals surface area contributed by atoms with E-state index in [1.165, 1.54) is 4.90 Å². The van der Waals surface area contributed by atoms with Crippen molar-refractivity contribution in [3.8, 4) is 0 Å². The SMILES string of the molecule is CCc1cc(Br)ccc1NC(=O)CCN1C(=O)C2C3CC(C(Br)C3Br)C2C1=O. The first-order valence-corrected chi connectivity index (χ1v) is 12.2. The predicted molar refractivity (Wildman–Crippen MR) is 117 cm³/mol. The Morgan fingerprint density at radius 2 is 1.75 bits per heavy atom. The van der Waals surface area contributed by atoms with Crippen molar-refractivity contribution in [1.82, 2.24) is 4.90 Å². The highest BCUT2D eigenvalue weighted by atomic mass is 79.9. The molecule has 5 nitrogen and oxygen atoms in total. The normalized spacial score (nSPS) is 33.5. The topological polar surface area (TPSA) is 66.5 Å². The molecule has 3 amide bonds. The average Bonchev–Trinajstić information content (AvgIpc) is 3.27. The molecule has 1 aliphatic heterocycles. The highest BCUT2D eigenvalue weighted by molar-refractivity contribution is 9.12. The Balaban J connectivity index is 1.40. The third-order valence-corrected chi connectivity index (χ3v) is 10.1. The Bertz CT molecular complexity index is 814. The molecule has 2 bridgehead atoms. The molecule has 1 saturated heterocycles. The zero-order valence-corrected chi connectivity index (χ0v) is 20.1. The number of hydrogen-bond acceptors (Lipinski definition) is 3. The summed E-state index contributed by atoms with van der Waals surface area (Å²) in [4.78, 5) is 40.0. The Kier molecular flexibility index (Phi) is 5.75. The van der Waals surface area contributed by atoms with Gasteiger partial charge in [0.25, 0.3) is 0 Å². The molecule has 0 aromatic heterocycles. The van der Waals surface area contributed by atoms with Crippen LogP contribution >= 0.6 is 47.8 Å². The van der Waals surface area contributed by atoms with Crippen molar-refractivity contribution in [2.24, 2.45) is 23.7 Å². The number of fused-ring (bicyclic) bond motifs is 5. The van der Waals surface area contributed by atoms with Gasteiger partial charge in [-0.2, -0.15) is 0 Å². The van der Waals surface area contributed by atoms with Gasteiger partial charge < -0.3 is 5.32 Å². The van der Waals surface area contributed by atoms with Crippen LogP contribution in [-0.4, -0.2) is 38.8 Å². The summed E-state index contributed by atoms with van der Waals surface area (Å²) in [6, 6.07) is 5.72. The Hall–Kier alpha value is -0.730. The molecule has 0 radical (unpaired) electrons. The van der Waals surface area contributed by atoms with E-state index in [9.17, 15) is 14.4 Å². The average molecular weight is 577 g/mol. The van der Waals surface area contributed by atoms with E-state index in [0.717, 1.165) is 28.6 Å². The highest BCUT2D eigenvalue weighted by Gasteiger charge is 2.66. The molecule has 28 heavy (non-hydrogen) atoms. The smallest absolute Gasteiger partial charge is 0.233 e. The number of carbonyl (C=O) groups is 3. The van der Waals surface area contributed by atoms with Gasteiger partial charge in [-0.15, -0.1) is 0 Å². The third-order valence-electron chi connectivity index (χ3n) is 6.36. The van der Waals surface area contributed by atoms with Gasteiger partial charge in [-0.05, 0) is 48.4 Å². The quantitative estimate of drug-likeness (QED) is 0.424. The van der Waals surface area contributed by atoms with E-state index in [-0.39, 0.29) is 64.0 Å². The number of rotatable bonds is 5. The lowest BCUT2D eigenvalue weighted by Crippen LogP contribution is -2.37. The monoisotopic (exact) mass is 574 g/mol. The molecule has 3 aliphatic rings. The number of benzene rings is 1. The van der Waals surface area contributed by atoms with Crippen LogP contribution in [0.5, 0.6) is 0 Å². The predicted octanol–water partition coefficient (Wildman–Crippen LogP) is 4.12. The summed E-state index contributed by atoms with van der Waals surface area (Å²) in [6.07, 6.45) is 1.82. The van der Waals surface area contributed by atoms with E-state index in [4.69, 9.17) is 0 Å². The number of halogens is 3. The second kappa shape index (κ2) is 7.84. The third kappa shape index (κ3) is 3.29. The van der Waals surface area contributed by atoms with Crippen LogP contribution in [0, 0.1) is 23.7 Å². The summed E-state index contributed by atoms with van der Waals surface area (Å²) >= 11 is 10.8. The van der Waals surface area contributed by atoms with Gasteiger partial charge in [0, 0.05) is 32.8 Å². The fourth-order valence-electron chi connectivity index (χ4n) is 5.03. The molecule has 150 valence electrons. The van der Waals surface area contributed by atoms with Crippen molar-refractivity contribution in [3.05, 3.63) is 28.2 Å². The number of imide groups is 1. The van der Waals surface area contributed by atoms with Gasteiger partial charge in [0.1, 0.15) is 0 Å². The number of hydrogen-bond donors (Lipinski definition) is 1. The van der Waals surface area contributed by atoms with Crippen LogP contribution in [-0.2, 0) is 20.8 Å². The summed E-state index contributed by atoms with van der Waals surface area (Å²) in [5, 5.41) is 2.91. The molecule has 1 aromatic rings. The largest absolute Gasteiger partial charge is 0.326 e. The fraction of sp³-hybridized carbons (Fsp3) is 0.550. The van der Waals surface area contributed by atoms with E-state index in [2.05, 4.69) is 53.1 Å². The minimum Gasteiger partial charge on any atom is -0.326 e. The fourth-order valence-corrected chi connectivity index (χ4v) is 7.32. The van der Waals surface area contributed by atoms with Crippen LogP contribution in [0.15, 0.2) is 22.7 Å². The van der Waals surface area contributed by atoms with E-state index in [1.54, 1.807) is 0 Å². The van der Waals surface area contributed by atoms with E-state index >= 15 is 0 Å². The van der Waals surface area contributed by atoms with Gasteiger partial charge in [0.05, 0.1) is 11.8 Å². The Morgan fingerprint density at radius 3 is 2.32 bits per heavy atom. The second-order valence-corrected chi connectivity index (χ2v) is 10.8. The van der Waals surface area contributed by atoms with Crippen LogP contribution in [0.1, 0.15) is 25.3 Å². The van der Waals surface area contributed by atoms with Crippen LogP contribution in [0.3, 0.4) is 0 Å². The van der Waals surface area contributed by atoms with Gasteiger partial charge in [-0.1, -0.05) is 54.7 Å². The molecule has 2 saturated carbocycles. The molecule has 1 N–H and O–H groups in total. The van der Waals surface area contributed by atoms with E-state index < -0.39 is 0 Å². The number of aryl methyl sites for hydroxylation is 1. The summed E-state index contributed by atoms with van der Waals surface area (Å²) in [6.45, 7) is 2.17. The first-order chi connectivity index (χ1) is 13.3. The number of nitrogens with one attached hydrogen (secondary N) is 1. The lowest BCUT2D eigenvalue weighted by atomic mass is 9.81. The molecular formula is C20H21Br3N2O3. The summed E-state index contributed by atoms with van der Waals surface area (Å²) in [5.74, 6) is -0.439. The molecule has 2 aliphatic carbocycles. The van der Waals surface area contributed by atoms with Crippen LogP contribution in [0.4, 0.5) is 5.69 Å². The van der Waals surface area contributed by atoms with Crippen molar-refractivity contribution in [2.75, 3.05) is 11.9 Å². The molecule has 3 fully saturated rings. The maximum atomic E-state index is 12.9. The zero-order chi connectivity index (χ0) is 20.2. The lowest BCUT2D eigenvalue weighted by molar-refractivity contribution is -0.140. The number of carbonyl (C=O) groups excluding carboxylic acids is 3. The van der Waals surface area contributed by atoms with Gasteiger partial charge >= 0.3 is 0 Å². The number of nitrogens with zero attached hydrogens (tertiary/aromatic N) is 1. The van der Waals surface area contributed by atoms with Crippen molar-refractivity contribution >= 4 is 71.2 Å². The number of amides is 3. The summed E-state index contributed by atoms with van der Waals surface area (Å²) in [7, 11) is 0. The Labute approximate surface area is 189 Å². The van der Waals surface area contributed by atoms with Crippen molar-refractivity contribution in [1.29, 1.82) is 0 Å². The lowest BCUT2D eigenvalue weighted by Gasteiger charge is -2.28. The van der Waals surface area contributed by atoms with Crippen LogP contribution in [0.2, 0.25) is 0 Å². The molecule has 6 unspecified atom stereocenters. The minimum absolute atomic E-state index is 0.1000. The molecule has 1 aromatic carbocycles. The molecule has 6 atom stereocenters. The van der Waals surface area contributed by atoms with Gasteiger partial charge in [-0.3, -0.25) is 19.3 Å². The van der Waals surface area contributed by atoms with Crippen molar-refractivity contribution in [3.63, 3.8) is 0 Å². The maximum absolute atomic E-state index is 12.9. The number of alkyl halides is 2. The standard InChI is InChI=1S/C20H21Br3N2O3/c1-2-9-7-10(21)3-4-13(9)24-14(26)5-6-25-19(27)15-11-8-12(16(15)20(25)28)18(23)17(11)22/h3-4,7,11-12,15-18H,2,5-6,8H2,1H3,(H,24,26). The molecular weight excluding hydrogens is 556 g/mol. The van der Waals surface area contributed by atoms with Crippen molar-refractivity contribution < 1.29 is 14.4 Å². The van der Waals surface area contributed by atoms with Gasteiger partial charge in [0.2, 0.25) is 17.7 Å². The maximum Gasteiger partial charge on any atom is 0.233 e. The van der Waals surface area contributed by atoms with Crippen LogP contribution in [0.25, 0.3) is 0 Å². The highest BCUT2D eigenvalue weighted by Crippen LogP contribution is 2.60. The zero-order valence-electron chi connectivity index (χ0n) is 15.3. The van der Waals surface area contributed by atoms with Crippen LogP contribution < -0.4 is 5.32 Å².